The fourth-order valence-corrected chi connectivity index (χ4v) is 8.75. The van der Waals surface area contributed by atoms with Crippen LogP contribution < -0.4 is 14.4 Å². The molecule has 6 rings (SSSR count). The second-order valence-corrected chi connectivity index (χ2v) is 12.0. The lowest BCUT2D eigenvalue weighted by atomic mass is 9.72. The average molecular weight is 560 g/mol. The molecule has 39 heavy (non-hydrogen) atoms. The quantitative estimate of drug-likeness (QED) is 0.430. The molecule has 2 spiro atoms. The van der Waals surface area contributed by atoms with Gasteiger partial charge >= 0.3 is 0 Å². The summed E-state index contributed by atoms with van der Waals surface area (Å²) >= 11 is 7.27. The Kier molecular flexibility index (Phi) is 6.21. The summed E-state index contributed by atoms with van der Waals surface area (Å²) in [6.45, 7) is 0.821. The monoisotopic (exact) mass is 559 g/mol. The summed E-state index contributed by atoms with van der Waals surface area (Å²) in [6.07, 6.45) is 0. The van der Waals surface area contributed by atoms with Crippen LogP contribution in [-0.2, 0) is 21.7 Å². The van der Waals surface area contributed by atoms with Gasteiger partial charge in [0.1, 0.15) is 9.07 Å². The predicted octanol–water partition coefficient (Wildman–Crippen LogP) is 4.40. The third-order valence-corrected chi connectivity index (χ3v) is 10.3. The van der Waals surface area contributed by atoms with Crippen molar-refractivity contribution in [1.82, 2.24) is 9.80 Å². The molecule has 3 aromatic rings. The molecule has 3 atom stereocenters. The number of amides is 2. The van der Waals surface area contributed by atoms with E-state index in [0.717, 1.165) is 22.4 Å². The Bertz CT molecular complexity index is 1500. The van der Waals surface area contributed by atoms with Crippen LogP contribution in [0.2, 0.25) is 0 Å². The Morgan fingerprint density at radius 3 is 2.33 bits per heavy atom. The van der Waals surface area contributed by atoms with Crippen molar-refractivity contribution >= 4 is 45.8 Å². The van der Waals surface area contributed by atoms with Crippen LogP contribution in [0.3, 0.4) is 0 Å². The number of rotatable bonds is 5. The Labute approximate surface area is 237 Å². The number of ether oxygens (including phenoxy) is 2. The molecular formula is C30H29N3O4S2. The van der Waals surface area contributed by atoms with Gasteiger partial charge in [0.25, 0.3) is 5.91 Å². The van der Waals surface area contributed by atoms with Gasteiger partial charge in [0.15, 0.2) is 17.0 Å². The van der Waals surface area contributed by atoms with Crippen molar-refractivity contribution in [3.05, 3.63) is 89.5 Å². The Morgan fingerprint density at radius 2 is 1.62 bits per heavy atom. The molecule has 3 heterocycles. The Balaban J connectivity index is 1.59. The summed E-state index contributed by atoms with van der Waals surface area (Å²) in [5.41, 5.74) is 2.26. The minimum absolute atomic E-state index is 0.126. The molecule has 0 bridgehead atoms. The molecule has 0 saturated carbocycles. The topological polar surface area (TPSA) is 62.3 Å². The fraction of sp³-hybridized carbons (Fsp3) is 0.300. The predicted molar refractivity (Wildman–Crippen MR) is 156 cm³/mol. The number of benzene rings is 3. The van der Waals surface area contributed by atoms with Crippen molar-refractivity contribution in [2.45, 2.75) is 22.7 Å². The molecule has 0 aliphatic carbocycles. The van der Waals surface area contributed by atoms with E-state index >= 15 is 0 Å². The molecule has 0 N–H and O–H groups in total. The third kappa shape index (κ3) is 3.36. The van der Waals surface area contributed by atoms with Gasteiger partial charge in [-0.25, -0.2) is 0 Å². The summed E-state index contributed by atoms with van der Waals surface area (Å²) in [4.78, 5) is 34.8. The number of anilines is 1. The van der Waals surface area contributed by atoms with Crippen LogP contribution in [0.4, 0.5) is 5.69 Å². The van der Waals surface area contributed by atoms with Gasteiger partial charge in [-0.2, -0.15) is 0 Å². The zero-order valence-electron chi connectivity index (χ0n) is 22.2. The van der Waals surface area contributed by atoms with E-state index in [1.54, 1.807) is 31.1 Å². The number of hydrogen-bond donors (Lipinski definition) is 0. The number of para-hydroxylation sites is 1. The minimum Gasteiger partial charge on any atom is -0.493 e. The summed E-state index contributed by atoms with van der Waals surface area (Å²) in [5, 5.41) is 0. The van der Waals surface area contributed by atoms with E-state index in [-0.39, 0.29) is 17.7 Å². The first-order valence-corrected chi connectivity index (χ1v) is 13.9. The van der Waals surface area contributed by atoms with Gasteiger partial charge in [-0.15, -0.1) is 0 Å². The second-order valence-electron chi connectivity index (χ2n) is 10.1. The van der Waals surface area contributed by atoms with Crippen LogP contribution >= 0.6 is 24.0 Å². The highest BCUT2D eigenvalue weighted by Crippen LogP contribution is 2.66. The number of carbonyl (C=O) groups is 2. The highest BCUT2D eigenvalue weighted by atomic mass is 32.2. The highest BCUT2D eigenvalue weighted by Gasteiger charge is 2.78. The lowest BCUT2D eigenvalue weighted by Gasteiger charge is -2.42. The van der Waals surface area contributed by atoms with Gasteiger partial charge in [0, 0.05) is 30.8 Å². The van der Waals surface area contributed by atoms with Crippen molar-refractivity contribution in [1.29, 1.82) is 0 Å². The maximum absolute atomic E-state index is 14.9. The van der Waals surface area contributed by atoms with Crippen molar-refractivity contribution in [3.8, 4) is 11.5 Å². The molecule has 9 heteroatoms. The molecule has 0 aromatic heterocycles. The van der Waals surface area contributed by atoms with E-state index in [9.17, 15) is 9.59 Å². The normalized spacial score (nSPS) is 26.3. The van der Waals surface area contributed by atoms with Crippen LogP contribution in [0.1, 0.15) is 22.6 Å². The number of carbonyl (C=O) groups excluding carboxylic acids is 2. The highest BCUT2D eigenvalue weighted by molar-refractivity contribution is 8.25. The van der Waals surface area contributed by atoms with E-state index < -0.39 is 10.3 Å². The standard InChI is InChI=1S/C30H29N3O4S2/c1-31-18-22(20-14-15-24(36-3)25(16-20)37-4)30(29(31)21-12-8-9-13-23(21)32(2)26(29)34)27(35)33(28(38)39-30)17-19-10-6-5-7-11-19/h5-16,22H,17-18H2,1-4H3. The van der Waals surface area contributed by atoms with Gasteiger partial charge in [-0.05, 0) is 36.4 Å². The molecule has 200 valence electrons. The van der Waals surface area contributed by atoms with Crippen molar-refractivity contribution < 1.29 is 19.1 Å². The Hall–Kier alpha value is -3.40. The number of hydrogen-bond acceptors (Lipinski definition) is 7. The maximum atomic E-state index is 14.9. The fourth-order valence-electron chi connectivity index (χ4n) is 6.62. The van der Waals surface area contributed by atoms with E-state index in [2.05, 4.69) is 4.90 Å². The largest absolute Gasteiger partial charge is 0.493 e. The van der Waals surface area contributed by atoms with Crippen molar-refractivity contribution in [2.24, 2.45) is 0 Å². The van der Waals surface area contributed by atoms with E-state index in [1.807, 2.05) is 79.8 Å². The molecule has 2 amide bonds. The van der Waals surface area contributed by atoms with Gasteiger partial charge in [-0.3, -0.25) is 19.4 Å². The van der Waals surface area contributed by atoms with Gasteiger partial charge in [0.05, 0.1) is 20.8 Å². The van der Waals surface area contributed by atoms with Crippen LogP contribution in [0.25, 0.3) is 0 Å². The molecule has 3 aromatic carbocycles. The molecule has 7 nitrogen and oxygen atoms in total. The van der Waals surface area contributed by atoms with Gasteiger partial charge in [-0.1, -0.05) is 78.6 Å². The zero-order chi connectivity index (χ0) is 27.5. The molecule has 3 aliphatic rings. The molecule has 0 radical (unpaired) electrons. The van der Waals surface area contributed by atoms with Crippen molar-refractivity contribution in [2.75, 3.05) is 39.8 Å². The first-order valence-electron chi connectivity index (χ1n) is 12.7. The van der Waals surface area contributed by atoms with Crippen LogP contribution in [-0.4, -0.2) is 65.5 Å². The molecule has 3 aliphatic heterocycles. The summed E-state index contributed by atoms with van der Waals surface area (Å²) in [7, 11) is 6.91. The lowest BCUT2D eigenvalue weighted by molar-refractivity contribution is -0.139. The number of methoxy groups -OCH3 is 2. The lowest BCUT2D eigenvalue weighted by Crippen LogP contribution is -2.62. The summed E-state index contributed by atoms with van der Waals surface area (Å²) in [5.74, 6) is 0.540. The number of likely N-dealkylation sites (tertiary alicyclic amines) is 1. The van der Waals surface area contributed by atoms with Gasteiger partial charge < -0.3 is 14.4 Å². The van der Waals surface area contributed by atoms with Crippen LogP contribution in [0.5, 0.6) is 11.5 Å². The zero-order valence-corrected chi connectivity index (χ0v) is 23.8. The van der Waals surface area contributed by atoms with Gasteiger partial charge in [0.2, 0.25) is 5.91 Å². The van der Waals surface area contributed by atoms with Crippen LogP contribution in [0, 0.1) is 0 Å². The summed E-state index contributed by atoms with van der Waals surface area (Å²) in [6, 6.07) is 23.3. The summed E-state index contributed by atoms with van der Waals surface area (Å²) < 4.78 is 10.4. The minimum atomic E-state index is -1.24. The second kappa shape index (κ2) is 9.36. The smallest absolute Gasteiger partial charge is 0.254 e. The maximum Gasteiger partial charge on any atom is 0.254 e. The number of thiocarbonyl (C=S) groups is 1. The number of thioether (sulfide) groups is 1. The molecule has 3 unspecified atom stereocenters. The van der Waals surface area contributed by atoms with Crippen LogP contribution in [0.15, 0.2) is 72.8 Å². The number of likely N-dealkylation sites (N-methyl/N-ethyl adjacent to an activating group) is 2. The number of nitrogens with zero attached hydrogens (tertiary/aromatic N) is 3. The average Bonchev–Trinajstić information content (AvgIpc) is 3.47. The number of fused-ring (bicyclic) bond motifs is 3. The van der Waals surface area contributed by atoms with E-state index in [1.165, 1.54) is 11.8 Å². The molecule has 2 fully saturated rings. The first kappa shape index (κ1) is 25.9. The third-order valence-electron chi connectivity index (χ3n) is 8.35. The van der Waals surface area contributed by atoms with Crippen molar-refractivity contribution in [3.63, 3.8) is 0 Å². The molecule has 2 saturated heterocycles. The Morgan fingerprint density at radius 1 is 0.923 bits per heavy atom. The SMILES string of the molecule is COc1ccc(C2CN(C)C3(C(=O)N(C)c4ccccc43)C23SC(=S)N(Cc2ccccc2)C3=O)cc1OC. The molecular weight excluding hydrogens is 530 g/mol. The van der Waals surface area contributed by atoms with E-state index in [4.69, 9.17) is 21.7 Å². The van der Waals surface area contributed by atoms with E-state index in [0.29, 0.717) is 28.9 Å². The first-order chi connectivity index (χ1) is 18.8.